The van der Waals surface area contributed by atoms with Crippen molar-refractivity contribution in [3.05, 3.63) is 47.8 Å². The molecule has 2 heterocycles. The molecule has 2 rings (SSSR count). The summed E-state index contributed by atoms with van der Waals surface area (Å²) in [4.78, 5) is 23.0. The van der Waals surface area contributed by atoms with Gasteiger partial charge in [0.25, 0.3) is 0 Å². The average molecular weight is 244 g/mol. The van der Waals surface area contributed by atoms with Gasteiger partial charge >= 0.3 is 5.97 Å². The normalized spacial score (nSPS) is 10.1. The Hall–Kier alpha value is -2.50. The molecule has 0 bridgehead atoms. The van der Waals surface area contributed by atoms with E-state index in [1.54, 1.807) is 31.5 Å². The fourth-order valence-corrected chi connectivity index (χ4v) is 1.51. The maximum absolute atomic E-state index is 11.0. The number of aromatic nitrogens is 3. The Balaban J connectivity index is 2.13. The summed E-state index contributed by atoms with van der Waals surface area (Å²) in [6, 6.07) is 3.40. The molecule has 0 aliphatic heterocycles. The van der Waals surface area contributed by atoms with Gasteiger partial charge in [-0.25, -0.2) is 14.8 Å². The zero-order valence-electron chi connectivity index (χ0n) is 9.79. The van der Waals surface area contributed by atoms with Crippen molar-refractivity contribution in [1.29, 1.82) is 0 Å². The van der Waals surface area contributed by atoms with E-state index < -0.39 is 5.97 Å². The molecular formula is C12H12N4O2. The monoisotopic (exact) mass is 244 g/mol. The Labute approximate surface area is 104 Å². The van der Waals surface area contributed by atoms with Gasteiger partial charge in [0.2, 0.25) is 0 Å². The Morgan fingerprint density at radius 1 is 1.39 bits per heavy atom. The predicted octanol–water partition coefficient (Wildman–Crippen LogP) is 1.49. The van der Waals surface area contributed by atoms with Gasteiger partial charge in [-0.1, -0.05) is 0 Å². The summed E-state index contributed by atoms with van der Waals surface area (Å²) in [5.74, 6) is -0.327. The van der Waals surface area contributed by atoms with E-state index in [1.807, 2.05) is 0 Å². The highest BCUT2D eigenvalue weighted by Gasteiger charge is 2.09. The molecule has 0 spiro atoms. The molecule has 6 heteroatoms. The molecule has 18 heavy (non-hydrogen) atoms. The van der Waals surface area contributed by atoms with E-state index in [1.165, 1.54) is 6.20 Å². The van der Waals surface area contributed by atoms with Crippen LogP contribution in [0.1, 0.15) is 21.9 Å². The second-order valence-electron chi connectivity index (χ2n) is 3.68. The van der Waals surface area contributed by atoms with Crippen molar-refractivity contribution in [3.8, 4) is 0 Å². The highest BCUT2D eigenvalue weighted by atomic mass is 16.4. The molecular weight excluding hydrogens is 232 g/mol. The van der Waals surface area contributed by atoms with Gasteiger partial charge in [0.05, 0.1) is 17.9 Å². The first kappa shape index (κ1) is 12.0. The highest BCUT2D eigenvalue weighted by molar-refractivity contribution is 5.93. The summed E-state index contributed by atoms with van der Waals surface area (Å²) >= 11 is 0. The molecule has 2 aromatic rings. The van der Waals surface area contributed by atoms with Gasteiger partial charge in [-0.3, -0.25) is 4.98 Å². The quantitative estimate of drug-likeness (QED) is 0.847. The third-order valence-corrected chi connectivity index (χ3v) is 2.35. The Kier molecular flexibility index (Phi) is 3.47. The largest absolute Gasteiger partial charge is 0.478 e. The summed E-state index contributed by atoms with van der Waals surface area (Å²) in [7, 11) is 0. The van der Waals surface area contributed by atoms with Crippen molar-refractivity contribution in [1.82, 2.24) is 15.0 Å². The van der Waals surface area contributed by atoms with E-state index >= 15 is 0 Å². The summed E-state index contributed by atoms with van der Waals surface area (Å²) in [6.45, 7) is 2.24. The minimum atomic E-state index is -1.01. The number of pyridine rings is 1. The maximum Gasteiger partial charge on any atom is 0.339 e. The summed E-state index contributed by atoms with van der Waals surface area (Å²) in [6.07, 6.45) is 4.53. The van der Waals surface area contributed by atoms with Crippen molar-refractivity contribution >= 4 is 11.7 Å². The lowest BCUT2D eigenvalue weighted by Gasteiger charge is -2.08. The molecule has 0 unspecified atom stereocenters. The number of carboxylic acid groups (broad SMARTS) is 1. The zero-order valence-corrected chi connectivity index (χ0v) is 9.79. The number of aryl methyl sites for hydroxylation is 1. The number of nitrogens with one attached hydrogen (secondary N) is 1. The lowest BCUT2D eigenvalue weighted by atomic mass is 10.2. The third kappa shape index (κ3) is 2.79. The number of anilines is 1. The first-order valence-corrected chi connectivity index (χ1v) is 5.36. The first-order valence-electron chi connectivity index (χ1n) is 5.36. The lowest BCUT2D eigenvalue weighted by Crippen LogP contribution is -2.08. The van der Waals surface area contributed by atoms with E-state index in [0.717, 1.165) is 5.69 Å². The summed E-state index contributed by atoms with van der Waals surface area (Å²) in [5.41, 5.74) is 1.47. The molecule has 0 aliphatic rings. The third-order valence-electron chi connectivity index (χ3n) is 2.35. The average Bonchev–Trinajstić information content (AvgIpc) is 2.37. The van der Waals surface area contributed by atoms with E-state index in [9.17, 15) is 4.79 Å². The molecule has 2 N–H and O–H groups in total. The molecule has 0 aromatic carbocycles. The molecule has 92 valence electrons. The number of carbonyl (C=O) groups is 1. The molecule has 2 aromatic heterocycles. The number of nitrogens with zero attached hydrogens (tertiary/aromatic N) is 3. The second kappa shape index (κ2) is 5.22. The van der Waals surface area contributed by atoms with Crippen molar-refractivity contribution in [2.45, 2.75) is 13.5 Å². The number of aromatic carboxylic acids is 1. The molecule has 0 amide bonds. The Bertz CT molecular complexity index is 572. The fraction of sp³-hybridized carbons (Fsp3) is 0.167. The topological polar surface area (TPSA) is 88.0 Å². The van der Waals surface area contributed by atoms with E-state index in [0.29, 0.717) is 18.1 Å². The van der Waals surface area contributed by atoms with Crippen LogP contribution in [0.5, 0.6) is 0 Å². The molecule has 0 aliphatic carbocycles. The molecule has 6 nitrogen and oxygen atoms in total. The fourth-order valence-electron chi connectivity index (χ4n) is 1.51. The van der Waals surface area contributed by atoms with Crippen LogP contribution in [0.3, 0.4) is 0 Å². The Morgan fingerprint density at radius 2 is 2.22 bits per heavy atom. The van der Waals surface area contributed by atoms with Gasteiger partial charge < -0.3 is 10.4 Å². The van der Waals surface area contributed by atoms with Crippen LogP contribution in [-0.4, -0.2) is 26.0 Å². The number of hydrogen-bond donors (Lipinski definition) is 2. The zero-order chi connectivity index (χ0) is 13.0. The minimum absolute atomic E-state index is 0.142. The van der Waals surface area contributed by atoms with Crippen LogP contribution in [0.2, 0.25) is 0 Å². The van der Waals surface area contributed by atoms with E-state index in [-0.39, 0.29) is 5.56 Å². The standard InChI is InChI=1S/C12H12N4O2/c1-8-14-5-2-9(16-8)6-15-11-3-4-13-7-10(11)12(17)18/h2-5,7H,6H2,1H3,(H,13,15)(H,17,18). The van der Waals surface area contributed by atoms with Crippen molar-refractivity contribution < 1.29 is 9.90 Å². The summed E-state index contributed by atoms with van der Waals surface area (Å²) < 4.78 is 0. The van der Waals surface area contributed by atoms with Crippen LogP contribution in [0.4, 0.5) is 5.69 Å². The molecule has 0 fully saturated rings. The first-order chi connectivity index (χ1) is 8.66. The van der Waals surface area contributed by atoms with Crippen LogP contribution < -0.4 is 5.32 Å². The number of carboxylic acids is 1. The van der Waals surface area contributed by atoms with Gasteiger partial charge in [0, 0.05) is 18.6 Å². The second-order valence-corrected chi connectivity index (χ2v) is 3.68. The van der Waals surface area contributed by atoms with Crippen LogP contribution in [0.25, 0.3) is 0 Å². The van der Waals surface area contributed by atoms with Gasteiger partial charge in [-0.15, -0.1) is 0 Å². The summed E-state index contributed by atoms with van der Waals surface area (Å²) in [5, 5.41) is 12.0. The van der Waals surface area contributed by atoms with Crippen LogP contribution >= 0.6 is 0 Å². The van der Waals surface area contributed by atoms with Crippen molar-refractivity contribution in [3.63, 3.8) is 0 Å². The van der Waals surface area contributed by atoms with Crippen LogP contribution in [-0.2, 0) is 6.54 Å². The van der Waals surface area contributed by atoms with Gasteiger partial charge in [0.1, 0.15) is 11.4 Å². The van der Waals surface area contributed by atoms with Gasteiger partial charge in [-0.2, -0.15) is 0 Å². The highest BCUT2D eigenvalue weighted by Crippen LogP contribution is 2.14. The van der Waals surface area contributed by atoms with Crippen LogP contribution in [0.15, 0.2) is 30.7 Å². The SMILES string of the molecule is Cc1nccc(CNc2ccncc2C(=O)O)n1. The Morgan fingerprint density at radius 3 is 2.94 bits per heavy atom. The van der Waals surface area contributed by atoms with Crippen LogP contribution in [0, 0.1) is 6.92 Å². The van der Waals surface area contributed by atoms with Crippen molar-refractivity contribution in [2.24, 2.45) is 0 Å². The van der Waals surface area contributed by atoms with Gasteiger partial charge in [0.15, 0.2) is 0 Å². The number of hydrogen-bond acceptors (Lipinski definition) is 5. The molecule has 0 saturated heterocycles. The minimum Gasteiger partial charge on any atom is -0.478 e. The molecule has 0 saturated carbocycles. The number of rotatable bonds is 4. The van der Waals surface area contributed by atoms with Crippen molar-refractivity contribution in [2.75, 3.05) is 5.32 Å². The predicted molar refractivity (Wildman–Crippen MR) is 65.3 cm³/mol. The smallest absolute Gasteiger partial charge is 0.339 e. The van der Waals surface area contributed by atoms with E-state index in [4.69, 9.17) is 5.11 Å². The van der Waals surface area contributed by atoms with E-state index in [2.05, 4.69) is 20.3 Å². The lowest BCUT2D eigenvalue weighted by molar-refractivity contribution is 0.0697. The molecule has 0 atom stereocenters. The molecule has 0 radical (unpaired) electrons. The van der Waals surface area contributed by atoms with Gasteiger partial charge in [-0.05, 0) is 19.1 Å². The maximum atomic E-state index is 11.0.